The molecule has 0 spiro atoms. The van der Waals surface area contributed by atoms with Crippen LogP contribution in [-0.4, -0.2) is 210 Å². The molecule has 21 rings (SSSR count). The zero-order valence-electron chi connectivity index (χ0n) is 84.1. The molecule has 15 heterocycles. The van der Waals surface area contributed by atoms with Crippen LogP contribution in [-0.2, 0) is 19.2 Å². The number of halogens is 6. The second-order valence-corrected chi connectivity index (χ2v) is 41.2. The lowest BCUT2D eigenvalue weighted by atomic mass is 9.97. The van der Waals surface area contributed by atoms with Crippen molar-refractivity contribution in [1.29, 1.82) is 0 Å². The Kier molecular flexibility index (Phi) is 27.2. The highest BCUT2D eigenvalue weighted by Gasteiger charge is 2.48. The Morgan fingerprint density at radius 2 is 0.781 bits per heavy atom. The van der Waals surface area contributed by atoms with Crippen molar-refractivity contribution in [2.45, 2.75) is 144 Å². The van der Waals surface area contributed by atoms with Crippen molar-refractivity contribution < 1.29 is 32.3 Å². The zero-order chi connectivity index (χ0) is 104. The number of carbonyl (C=O) groups excluding carboxylic acids is 4. The molecule has 6 aliphatic heterocycles. The molecule has 9 aromatic heterocycles. The van der Waals surface area contributed by atoms with E-state index < -0.39 is 35.0 Å². The Bertz CT molecular complexity index is 8170. The first-order chi connectivity index (χ1) is 69.9. The van der Waals surface area contributed by atoms with Crippen LogP contribution in [0, 0.1) is 38.2 Å². The lowest BCUT2D eigenvalue weighted by molar-refractivity contribution is -0.131. The summed E-state index contributed by atoms with van der Waals surface area (Å²) in [7, 11) is 5.93. The van der Waals surface area contributed by atoms with E-state index in [1.165, 1.54) is 41.0 Å². The molecular formula is C114H113Cl3F3N19O7. The molecule has 6 aliphatic rings. The van der Waals surface area contributed by atoms with Gasteiger partial charge in [-0.1, -0.05) is 187 Å². The molecule has 3 saturated heterocycles. The Hall–Kier alpha value is -14.7. The predicted octanol–water partition coefficient (Wildman–Crippen LogP) is 20.4. The molecule has 146 heavy (non-hydrogen) atoms. The predicted molar refractivity (Wildman–Crippen MR) is 580 cm³/mol. The van der Waals surface area contributed by atoms with E-state index in [0.717, 1.165) is 57.2 Å². The maximum Gasteiger partial charge on any atom is 0.282 e. The van der Waals surface area contributed by atoms with Gasteiger partial charge < -0.3 is 49.4 Å². The molecule has 32 heteroatoms. The summed E-state index contributed by atoms with van der Waals surface area (Å²) >= 11 is 20.1. The number of pyridine rings is 9. The first-order valence-electron chi connectivity index (χ1n) is 49.2. The highest BCUT2D eigenvalue weighted by atomic mass is 35.5. The molecular weight excluding hydrogens is 1910 g/mol. The Morgan fingerprint density at radius 1 is 0.438 bits per heavy atom. The second-order valence-electron chi connectivity index (χ2n) is 40.0. The van der Waals surface area contributed by atoms with Crippen LogP contribution in [0.3, 0.4) is 0 Å². The number of carbonyl (C=O) groups is 4. The minimum atomic E-state index is -0.813. The molecule has 0 saturated carbocycles. The van der Waals surface area contributed by atoms with Gasteiger partial charge in [0.15, 0.2) is 16.9 Å². The van der Waals surface area contributed by atoms with E-state index in [-0.39, 0.29) is 118 Å². The summed E-state index contributed by atoms with van der Waals surface area (Å²) in [6, 6.07) is 41.6. The fourth-order valence-corrected chi connectivity index (χ4v) is 23.2. The molecule has 6 atom stereocenters. The largest absolute Gasteiger partial charge is 0.366 e. The maximum absolute atomic E-state index is 17.0. The van der Waals surface area contributed by atoms with Gasteiger partial charge in [-0.25, -0.2) is 28.1 Å². The maximum atomic E-state index is 17.0. The standard InChI is InChI=1S/C41H45ClFN7O2.C37H36ClFN6O2.C36H32ClFN6O3/c1-8-33(51)48-23-28-22-47(19-11-18-46(6)7)39-38(49(28)21-26(48)5)30-20-32(43)36(29-14-9-12-27-13-10-15-31(42)34(27)29)45-40(30)50(41(39)52)37-25(4)16-17-44-35(37)24(2)3;1-7-29(46)43-19-24-18-42(6)35-34(44(24)17-22(43)5)26-16-28(39)32(25-12-8-10-23-11-9-13-27(38)30(23)25)41-36(26)45(37(35)47)33-21(4)14-15-40-31(33)20(2)3;1-6-27(45)42-17-26-35(46)41-31-33(43(26)16-20(42)5)23-15-25(38)30(22-11-7-9-21-10-8-12-24(37)28(21)22)40-34(23)44(36(31)47)32-19(4)13-14-39-29(32)18(2)3/h8-10,12-17,20,24,26,28H,1,11,18-19,21-23H2,2-7H3;7-16,20,22,24H,1,17-19H2,2-6H3;6-15,18,20,26H,1,16-17H2,2-5H3,(H,41,46). The Labute approximate surface area is 858 Å². The van der Waals surface area contributed by atoms with Crippen molar-refractivity contribution in [3.63, 3.8) is 0 Å². The topological polar surface area (TPSA) is 253 Å². The Balaban J connectivity index is 0.000000138. The summed E-state index contributed by atoms with van der Waals surface area (Å²) in [5.74, 6) is -2.74. The van der Waals surface area contributed by atoms with Crippen molar-refractivity contribution in [2.75, 3.05) is 116 Å². The number of piperazine rings is 3. The summed E-state index contributed by atoms with van der Waals surface area (Å²) in [6.45, 7) is 39.4. The van der Waals surface area contributed by atoms with Gasteiger partial charge in [0, 0.05) is 160 Å². The zero-order valence-corrected chi connectivity index (χ0v) is 86.4. The quantitative estimate of drug-likeness (QED) is 0.0882. The molecule has 0 aliphatic carbocycles. The van der Waals surface area contributed by atoms with Gasteiger partial charge in [-0.2, -0.15) is 0 Å². The molecule has 1 N–H and O–H groups in total. The summed E-state index contributed by atoms with van der Waals surface area (Å²) < 4.78 is 54.9. The van der Waals surface area contributed by atoms with E-state index in [4.69, 9.17) is 59.7 Å². The second kappa shape index (κ2) is 39.7. The van der Waals surface area contributed by atoms with Crippen LogP contribution >= 0.6 is 34.8 Å². The third-order valence-corrected chi connectivity index (χ3v) is 30.1. The van der Waals surface area contributed by atoms with Gasteiger partial charge in [0.1, 0.15) is 57.6 Å². The van der Waals surface area contributed by atoms with E-state index in [1.54, 1.807) is 67.9 Å². The third-order valence-electron chi connectivity index (χ3n) is 29.1. The van der Waals surface area contributed by atoms with Gasteiger partial charge >= 0.3 is 0 Å². The molecule has 748 valence electrons. The number of nitrogens with one attached hydrogen (secondary N) is 1. The summed E-state index contributed by atoms with van der Waals surface area (Å²) in [4.78, 5) is 144. The number of aryl methyl sites for hydroxylation is 3. The van der Waals surface area contributed by atoms with Crippen LogP contribution in [0.25, 0.3) is 116 Å². The molecule has 6 aromatic carbocycles. The van der Waals surface area contributed by atoms with Crippen LogP contribution in [0.5, 0.6) is 0 Å². The van der Waals surface area contributed by atoms with Gasteiger partial charge in [-0.05, 0) is 192 Å². The van der Waals surface area contributed by atoms with E-state index >= 15 is 18.0 Å². The minimum absolute atomic E-state index is 0.00175. The molecule has 0 radical (unpaired) electrons. The lowest BCUT2D eigenvalue weighted by Crippen LogP contribution is -2.64. The van der Waals surface area contributed by atoms with Gasteiger partial charge in [-0.3, -0.25) is 62.2 Å². The molecule has 15 aromatic rings. The van der Waals surface area contributed by atoms with Crippen molar-refractivity contribution in [3.05, 3.63) is 300 Å². The monoisotopic (exact) mass is 2020 g/mol. The minimum Gasteiger partial charge on any atom is -0.366 e. The summed E-state index contributed by atoms with van der Waals surface area (Å²) in [5.41, 5.74) is 10.8. The number of hydrogen-bond donors (Lipinski definition) is 1. The first kappa shape index (κ1) is 100. The fourth-order valence-electron chi connectivity index (χ4n) is 22.3. The molecule has 4 amide bonds. The number of nitrogens with zero attached hydrogens (tertiary/aromatic N) is 18. The SMILES string of the molecule is C=CC(=O)N1CC2C(=O)Nc3c(c4cc(F)c(-c5cccc6cccc(Cl)c56)nc4n(-c4c(C)ccnc4C(C)C)c3=O)N2CC1C.C=CC(=O)N1CC2CN(C)c3c(c4cc(F)c(-c5cccc6cccc(Cl)c56)nc4n(-c4c(C)ccnc4C(C)C)c3=O)N2CC1C.C=CC(=O)N1CC2CN(CCCN(C)C)c3c(c4cc(F)c(-c5cccc6cccc(Cl)c56)nc4n(-c4c(C)ccnc4C(C)C)c3=O)N2CC1C. The number of hydrogen-bond acceptors (Lipinski definition) is 19. The van der Waals surface area contributed by atoms with Crippen LogP contribution in [0.15, 0.2) is 217 Å². The lowest BCUT2D eigenvalue weighted by Gasteiger charge is -2.51. The average Bonchev–Trinajstić information content (AvgIpc) is 0.734. The summed E-state index contributed by atoms with van der Waals surface area (Å²) in [6.07, 6.45) is 9.92. The van der Waals surface area contributed by atoms with Gasteiger partial charge in [0.05, 0.1) is 69.8 Å². The molecule has 3 fully saturated rings. The van der Waals surface area contributed by atoms with E-state index in [0.29, 0.717) is 172 Å². The van der Waals surface area contributed by atoms with E-state index in [1.807, 2.05) is 202 Å². The average molecular weight is 2020 g/mol. The number of rotatable bonds is 16. The highest BCUT2D eigenvalue weighted by Crippen LogP contribution is 2.50. The van der Waals surface area contributed by atoms with Crippen molar-refractivity contribution >= 4 is 158 Å². The van der Waals surface area contributed by atoms with E-state index in [2.05, 4.69) is 63.5 Å². The van der Waals surface area contributed by atoms with Crippen LogP contribution in [0.2, 0.25) is 15.1 Å². The first-order valence-corrected chi connectivity index (χ1v) is 50.4. The van der Waals surface area contributed by atoms with Crippen molar-refractivity contribution in [2.24, 2.45) is 0 Å². The number of anilines is 6. The fraction of sp³-hybridized carbons (Fsp3) is 0.307. The normalized spacial score (nSPS) is 17.5. The number of amides is 4. The highest BCUT2D eigenvalue weighted by molar-refractivity contribution is 6.38. The smallest absolute Gasteiger partial charge is 0.282 e. The number of likely N-dealkylation sites (N-methyl/N-ethyl adjacent to an activating group) is 1. The molecule has 6 unspecified atom stereocenters. The van der Waals surface area contributed by atoms with Gasteiger partial charge in [0.2, 0.25) is 23.6 Å². The van der Waals surface area contributed by atoms with Crippen molar-refractivity contribution in [3.8, 4) is 50.8 Å². The summed E-state index contributed by atoms with van der Waals surface area (Å²) in [5, 5.41) is 10.2. The van der Waals surface area contributed by atoms with Crippen LogP contribution in [0.4, 0.5) is 47.3 Å². The molecule has 26 nitrogen and oxygen atoms in total. The number of benzene rings is 6. The van der Waals surface area contributed by atoms with Crippen LogP contribution in [0.1, 0.15) is 120 Å². The van der Waals surface area contributed by atoms with Gasteiger partial charge in [0.25, 0.3) is 16.7 Å². The third kappa shape index (κ3) is 17.3. The number of aromatic nitrogens is 9. The number of fused-ring (bicyclic) bond motifs is 18. The Morgan fingerprint density at radius 3 is 1.16 bits per heavy atom. The van der Waals surface area contributed by atoms with E-state index in [9.17, 15) is 28.8 Å². The van der Waals surface area contributed by atoms with Crippen LogP contribution < -0.4 is 46.5 Å². The van der Waals surface area contributed by atoms with Gasteiger partial charge in [-0.15, -0.1) is 0 Å². The van der Waals surface area contributed by atoms with Crippen molar-refractivity contribution in [1.82, 2.24) is 63.2 Å². The molecule has 0 bridgehead atoms.